The minimum Gasteiger partial charge on any atom is -0.257 e. The predicted molar refractivity (Wildman–Crippen MR) is 67.5 cm³/mol. The predicted octanol–water partition coefficient (Wildman–Crippen LogP) is 2.37. The van der Waals surface area contributed by atoms with Crippen LogP contribution in [0.25, 0.3) is 10.8 Å². The molecule has 0 radical (unpaired) electrons. The van der Waals surface area contributed by atoms with Crippen LogP contribution >= 0.6 is 11.6 Å². The molecule has 0 atom stereocenters. The Balaban J connectivity index is 2.68. The summed E-state index contributed by atoms with van der Waals surface area (Å²) in [6.45, 7) is 0. The maximum Gasteiger partial charge on any atom is 0.226 e. The van der Waals surface area contributed by atoms with Crippen molar-refractivity contribution in [3.63, 3.8) is 0 Å². The minimum absolute atomic E-state index is 0.0767. The van der Waals surface area contributed by atoms with E-state index in [0.29, 0.717) is 5.69 Å². The van der Waals surface area contributed by atoms with Crippen molar-refractivity contribution < 1.29 is 8.42 Å². The van der Waals surface area contributed by atoms with Crippen molar-refractivity contribution in [2.24, 2.45) is 0 Å². The van der Waals surface area contributed by atoms with Crippen LogP contribution in [0.2, 0.25) is 0 Å². The van der Waals surface area contributed by atoms with Crippen LogP contribution in [0.3, 0.4) is 0 Å². The minimum atomic E-state index is -2.71. The summed E-state index contributed by atoms with van der Waals surface area (Å²) in [5.41, 5.74) is 0.615. The topological polar surface area (TPSA) is 37.4 Å². The Kier molecular flexibility index (Phi) is 3.31. The summed E-state index contributed by atoms with van der Waals surface area (Å²) in [5.74, 6) is 0. The first-order valence-electron chi connectivity index (χ1n) is 4.69. The van der Waals surface area contributed by atoms with Gasteiger partial charge >= 0.3 is 0 Å². The third kappa shape index (κ3) is 1.99. The quantitative estimate of drug-likeness (QED) is 0.519. The number of rotatable bonds is 3. The molecule has 16 heavy (non-hydrogen) atoms. The summed E-state index contributed by atoms with van der Waals surface area (Å²) in [7, 11) is -2.71. The lowest BCUT2D eigenvalue weighted by atomic mass is 10.1. The number of halogens is 1. The largest absolute Gasteiger partial charge is 0.257 e. The van der Waals surface area contributed by atoms with E-state index in [1.165, 1.54) is 0 Å². The third-order valence-corrected chi connectivity index (χ3v) is 3.51. The zero-order valence-electron chi connectivity index (χ0n) is 8.34. The van der Waals surface area contributed by atoms with Crippen LogP contribution in [0.1, 0.15) is 0 Å². The molecule has 0 bridgehead atoms. The van der Waals surface area contributed by atoms with Crippen molar-refractivity contribution in [1.29, 1.82) is 0 Å². The first-order valence-corrected chi connectivity index (χ1v) is 6.36. The lowest BCUT2D eigenvalue weighted by Crippen LogP contribution is -2.19. The van der Waals surface area contributed by atoms with Gasteiger partial charge in [0.1, 0.15) is 6.00 Å². The monoisotopic (exact) mass is 255 g/mol. The number of hydrogen-bond acceptors (Lipinski definition) is 2. The maximum absolute atomic E-state index is 11.1. The molecule has 2 rings (SSSR count). The molecule has 84 valence electrons. The lowest BCUT2D eigenvalue weighted by Gasteiger charge is -2.16. The van der Waals surface area contributed by atoms with Gasteiger partial charge in [0.15, 0.2) is 0 Å². The number of fused-ring (bicyclic) bond motifs is 1. The highest BCUT2D eigenvalue weighted by Crippen LogP contribution is 2.26. The molecule has 0 fully saturated rings. The van der Waals surface area contributed by atoms with E-state index in [4.69, 9.17) is 11.6 Å². The van der Waals surface area contributed by atoms with Crippen molar-refractivity contribution >= 4 is 39.0 Å². The molecule has 5 heteroatoms. The van der Waals surface area contributed by atoms with Crippen LogP contribution in [0, 0.1) is 0 Å². The molecule has 0 heterocycles. The van der Waals surface area contributed by atoms with E-state index in [1.54, 1.807) is 6.07 Å². The molecule has 0 aliphatic heterocycles. The molecule has 0 aromatic heterocycles. The summed E-state index contributed by atoms with van der Waals surface area (Å²) in [4.78, 5) is 0. The standard InChI is InChI=1S/C11H10ClNO2S/c12-8-13(16(14)15)11-7-3-5-9-4-1-2-6-10(9)11/h1-7,16H,8H2. The molecular formula is C11H10ClNO2S. The second kappa shape index (κ2) is 4.72. The van der Waals surface area contributed by atoms with Crippen LogP contribution in [0.15, 0.2) is 42.5 Å². The highest BCUT2D eigenvalue weighted by atomic mass is 35.5. The van der Waals surface area contributed by atoms with E-state index in [9.17, 15) is 8.42 Å². The Hall–Kier alpha value is -1.26. The van der Waals surface area contributed by atoms with Gasteiger partial charge in [-0.05, 0) is 11.5 Å². The van der Waals surface area contributed by atoms with Gasteiger partial charge in [-0.3, -0.25) is 4.31 Å². The van der Waals surface area contributed by atoms with E-state index in [-0.39, 0.29) is 6.00 Å². The van der Waals surface area contributed by atoms with Crippen molar-refractivity contribution in [1.82, 2.24) is 0 Å². The summed E-state index contributed by atoms with van der Waals surface area (Å²) < 4.78 is 23.3. The Morgan fingerprint density at radius 1 is 1.06 bits per heavy atom. The number of anilines is 1. The number of nitrogens with zero attached hydrogens (tertiary/aromatic N) is 1. The normalized spacial score (nSPS) is 10.9. The first-order chi connectivity index (χ1) is 7.74. The fourth-order valence-corrected chi connectivity index (χ4v) is 2.46. The number of thiol groups is 1. The van der Waals surface area contributed by atoms with Gasteiger partial charge in [-0.1, -0.05) is 36.4 Å². The van der Waals surface area contributed by atoms with Gasteiger partial charge in [0, 0.05) is 5.39 Å². The molecule has 0 aliphatic rings. The van der Waals surface area contributed by atoms with E-state index in [2.05, 4.69) is 0 Å². The number of alkyl halides is 1. The summed E-state index contributed by atoms with van der Waals surface area (Å²) >= 11 is 5.64. The summed E-state index contributed by atoms with van der Waals surface area (Å²) in [6, 6.07) is 13.0. The highest BCUT2D eigenvalue weighted by Gasteiger charge is 2.09. The van der Waals surface area contributed by atoms with Gasteiger partial charge in [0.2, 0.25) is 10.9 Å². The molecule has 2 aromatic carbocycles. The van der Waals surface area contributed by atoms with Crippen molar-refractivity contribution in [2.45, 2.75) is 0 Å². The van der Waals surface area contributed by atoms with Gasteiger partial charge in [-0.15, -0.1) is 11.6 Å². The number of benzene rings is 2. The van der Waals surface area contributed by atoms with Crippen LogP contribution < -0.4 is 4.31 Å². The molecule has 0 N–H and O–H groups in total. The number of hydrogen-bond donors (Lipinski definition) is 1. The SMILES string of the molecule is O=[SH](=O)N(CCl)c1cccc2ccccc12. The van der Waals surface area contributed by atoms with Gasteiger partial charge in [-0.25, -0.2) is 8.42 Å². The second-order valence-corrected chi connectivity index (χ2v) is 4.45. The lowest BCUT2D eigenvalue weighted by molar-refractivity contribution is 0.612. The highest BCUT2D eigenvalue weighted by molar-refractivity contribution is 7.74. The average Bonchev–Trinajstić information content (AvgIpc) is 2.30. The van der Waals surface area contributed by atoms with E-state index >= 15 is 0 Å². The van der Waals surface area contributed by atoms with Crippen LogP contribution in [0.4, 0.5) is 5.69 Å². The molecule has 0 aliphatic carbocycles. The second-order valence-electron chi connectivity index (χ2n) is 3.26. The molecule has 3 nitrogen and oxygen atoms in total. The first kappa shape index (κ1) is 11.2. The molecule has 0 spiro atoms. The fraction of sp³-hybridized carbons (Fsp3) is 0.0909. The summed E-state index contributed by atoms with van der Waals surface area (Å²) in [5, 5.41) is 1.87. The smallest absolute Gasteiger partial charge is 0.226 e. The zero-order valence-corrected chi connectivity index (χ0v) is 9.99. The zero-order chi connectivity index (χ0) is 11.5. The van der Waals surface area contributed by atoms with Crippen LogP contribution in [-0.2, 0) is 10.9 Å². The fourth-order valence-electron chi connectivity index (χ4n) is 1.63. The molecule has 0 saturated carbocycles. The van der Waals surface area contributed by atoms with Gasteiger partial charge in [-0.2, -0.15) is 0 Å². The molecule has 2 aromatic rings. The third-order valence-electron chi connectivity index (χ3n) is 2.36. The van der Waals surface area contributed by atoms with E-state index < -0.39 is 10.9 Å². The summed E-state index contributed by atoms with van der Waals surface area (Å²) in [6.07, 6.45) is 0. The Bertz CT molecular complexity index is 570. The van der Waals surface area contributed by atoms with Crippen LogP contribution in [0.5, 0.6) is 0 Å². The maximum atomic E-state index is 11.1. The molecule has 0 unspecified atom stereocenters. The molecule has 0 amide bonds. The van der Waals surface area contributed by atoms with Gasteiger partial charge < -0.3 is 0 Å². The average molecular weight is 256 g/mol. The molecule has 0 saturated heterocycles. The van der Waals surface area contributed by atoms with Crippen molar-refractivity contribution in [3.8, 4) is 0 Å². The van der Waals surface area contributed by atoms with Crippen molar-refractivity contribution in [3.05, 3.63) is 42.5 Å². The Labute approximate surface area is 100 Å². The van der Waals surface area contributed by atoms with E-state index in [0.717, 1.165) is 15.1 Å². The van der Waals surface area contributed by atoms with Gasteiger partial charge in [0.25, 0.3) is 0 Å². The van der Waals surface area contributed by atoms with Crippen molar-refractivity contribution in [2.75, 3.05) is 10.3 Å². The van der Waals surface area contributed by atoms with E-state index in [1.807, 2.05) is 36.4 Å². The Morgan fingerprint density at radius 2 is 1.75 bits per heavy atom. The van der Waals surface area contributed by atoms with Gasteiger partial charge in [0.05, 0.1) is 5.69 Å². The van der Waals surface area contributed by atoms with Crippen LogP contribution in [-0.4, -0.2) is 14.4 Å². The molecular weight excluding hydrogens is 246 g/mol. The Morgan fingerprint density at radius 3 is 2.44 bits per heavy atom.